The second-order valence-corrected chi connectivity index (χ2v) is 7.46. The first-order valence-electron chi connectivity index (χ1n) is 8.61. The molecule has 2 heterocycles. The zero-order valence-electron chi connectivity index (χ0n) is 14.3. The van der Waals surface area contributed by atoms with Crippen molar-refractivity contribution < 1.29 is 9.59 Å². The van der Waals surface area contributed by atoms with Gasteiger partial charge in [0.1, 0.15) is 0 Å². The largest absolute Gasteiger partial charge is 0.343 e. The van der Waals surface area contributed by atoms with Crippen LogP contribution < -0.4 is 10.6 Å². The summed E-state index contributed by atoms with van der Waals surface area (Å²) in [7, 11) is 0. The van der Waals surface area contributed by atoms with Crippen LogP contribution in [0.25, 0.3) is 0 Å². The summed E-state index contributed by atoms with van der Waals surface area (Å²) in [6.07, 6.45) is 3.77. The van der Waals surface area contributed by atoms with E-state index in [1.807, 2.05) is 5.38 Å². The van der Waals surface area contributed by atoms with Crippen LogP contribution in [0, 0.1) is 0 Å². The molecule has 8 heteroatoms. The molecule has 3 rings (SSSR count). The molecule has 2 N–H and O–H groups in total. The van der Waals surface area contributed by atoms with Gasteiger partial charge in [0, 0.05) is 11.9 Å². The lowest BCUT2D eigenvalue weighted by atomic mass is 10.1. The molecule has 138 valence electrons. The predicted octanol–water partition coefficient (Wildman–Crippen LogP) is 3.15. The van der Waals surface area contributed by atoms with E-state index in [2.05, 4.69) is 20.5 Å². The van der Waals surface area contributed by atoms with Gasteiger partial charge in [-0.3, -0.25) is 14.5 Å². The molecular formula is C18H21ClN4O2S. The Kier molecular flexibility index (Phi) is 6.60. The fourth-order valence-electron chi connectivity index (χ4n) is 2.85. The van der Waals surface area contributed by atoms with Gasteiger partial charge in [0.25, 0.3) is 5.91 Å². The van der Waals surface area contributed by atoms with Crippen molar-refractivity contribution >= 4 is 39.9 Å². The van der Waals surface area contributed by atoms with Gasteiger partial charge in [-0.15, -0.1) is 11.3 Å². The molecule has 1 aliphatic rings. The topological polar surface area (TPSA) is 74.3 Å². The minimum atomic E-state index is -0.379. The van der Waals surface area contributed by atoms with E-state index < -0.39 is 0 Å². The molecule has 2 amide bonds. The summed E-state index contributed by atoms with van der Waals surface area (Å²) in [5, 5.41) is 8.16. The molecule has 26 heavy (non-hydrogen) atoms. The van der Waals surface area contributed by atoms with E-state index in [0.29, 0.717) is 15.7 Å². The summed E-state index contributed by atoms with van der Waals surface area (Å²) in [4.78, 5) is 30.9. The molecule has 2 aromatic rings. The van der Waals surface area contributed by atoms with E-state index in [4.69, 9.17) is 11.6 Å². The summed E-state index contributed by atoms with van der Waals surface area (Å²) in [6.45, 7) is 2.89. The summed E-state index contributed by atoms with van der Waals surface area (Å²) >= 11 is 7.37. The van der Waals surface area contributed by atoms with Crippen LogP contribution in [0.3, 0.4) is 0 Å². The number of hydrogen-bond acceptors (Lipinski definition) is 5. The van der Waals surface area contributed by atoms with Crippen LogP contribution in [-0.4, -0.2) is 41.3 Å². The van der Waals surface area contributed by atoms with Gasteiger partial charge in [0.15, 0.2) is 5.13 Å². The number of benzene rings is 1. The van der Waals surface area contributed by atoms with Gasteiger partial charge in [0.2, 0.25) is 5.91 Å². The number of halogens is 1. The van der Waals surface area contributed by atoms with Crippen LogP contribution in [0.2, 0.25) is 5.02 Å². The van der Waals surface area contributed by atoms with Crippen LogP contribution in [0.1, 0.15) is 35.3 Å². The molecule has 6 nitrogen and oxygen atoms in total. The molecule has 1 aromatic carbocycles. The third-order valence-corrected chi connectivity index (χ3v) is 5.30. The van der Waals surface area contributed by atoms with Gasteiger partial charge in [0.05, 0.1) is 22.8 Å². The van der Waals surface area contributed by atoms with Crippen molar-refractivity contribution in [3.05, 3.63) is 45.9 Å². The highest BCUT2D eigenvalue weighted by Gasteiger charge is 2.14. The monoisotopic (exact) mass is 392 g/mol. The summed E-state index contributed by atoms with van der Waals surface area (Å²) in [5.74, 6) is -0.694. The van der Waals surface area contributed by atoms with Crippen LogP contribution in [-0.2, 0) is 11.3 Å². The maximum absolute atomic E-state index is 12.1. The number of nitrogens with one attached hydrogen (secondary N) is 2. The molecule has 1 aliphatic heterocycles. The number of carbonyl (C=O) groups excluding carboxylic acids is 2. The molecule has 1 fully saturated rings. The SMILES string of the molecule is O=C(CNC(=O)c1ccccc1Cl)Nc1nc(CN2CCCCC2)cs1. The van der Waals surface area contributed by atoms with Crippen molar-refractivity contribution in [2.24, 2.45) is 0 Å². The van der Waals surface area contributed by atoms with Crippen molar-refractivity contribution in [3.8, 4) is 0 Å². The van der Waals surface area contributed by atoms with Crippen LogP contribution in [0.4, 0.5) is 5.13 Å². The third kappa shape index (κ3) is 5.27. The second kappa shape index (κ2) is 9.12. The predicted molar refractivity (Wildman–Crippen MR) is 104 cm³/mol. The van der Waals surface area contributed by atoms with Gasteiger partial charge in [-0.2, -0.15) is 0 Å². The average molecular weight is 393 g/mol. The van der Waals surface area contributed by atoms with Crippen molar-refractivity contribution in [2.45, 2.75) is 25.8 Å². The Labute approximate surface area is 161 Å². The summed E-state index contributed by atoms with van der Waals surface area (Å²) in [6, 6.07) is 6.72. The number of amides is 2. The smallest absolute Gasteiger partial charge is 0.253 e. The first-order chi connectivity index (χ1) is 12.6. The Morgan fingerprint density at radius 1 is 1.19 bits per heavy atom. The Hall–Kier alpha value is -1.96. The Morgan fingerprint density at radius 3 is 2.73 bits per heavy atom. The van der Waals surface area contributed by atoms with Gasteiger partial charge < -0.3 is 10.6 Å². The van der Waals surface area contributed by atoms with Crippen molar-refractivity contribution in [1.82, 2.24) is 15.2 Å². The quantitative estimate of drug-likeness (QED) is 0.791. The Balaban J connectivity index is 1.46. The Morgan fingerprint density at radius 2 is 1.96 bits per heavy atom. The molecule has 1 aromatic heterocycles. The maximum atomic E-state index is 12.1. The van der Waals surface area contributed by atoms with Gasteiger partial charge >= 0.3 is 0 Å². The average Bonchev–Trinajstić information content (AvgIpc) is 3.07. The molecule has 0 radical (unpaired) electrons. The maximum Gasteiger partial charge on any atom is 0.253 e. The minimum absolute atomic E-state index is 0.134. The van der Waals surface area contributed by atoms with Crippen molar-refractivity contribution in [3.63, 3.8) is 0 Å². The highest BCUT2D eigenvalue weighted by Crippen LogP contribution is 2.19. The van der Waals surface area contributed by atoms with E-state index in [9.17, 15) is 9.59 Å². The zero-order valence-corrected chi connectivity index (χ0v) is 15.9. The fourth-order valence-corrected chi connectivity index (χ4v) is 3.79. The second-order valence-electron chi connectivity index (χ2n) is 6.19. The zero-order chi connectivity index (χ0) is 18.4. The standard InChI is InChI=1S/C18H21ClN4O2S/c19-15-7-3-2-6-14(15)17(25)20-10-16(24)22-18-21-13(12-26-18)11-23-8-4-1-5-9-23/h2-3,6-7,12H,1,4-5,8-11H2,(H,20,25)(H,21,22,24). The lowest BCUT2D eigenvalue weighted by Gasteiger charge is -2.25. The lowest BCUT2D eigenvalue weighted by Crippen LogP contribution is -2.33. The molecule has 0 atom stereocenters. The molecule has 0 saturated carbocycles. The number of hydrogen-bond donors (Lipinski definition) is 2. The fraction of sp³-hybridized carbons (Fsp3) is 0.389. The molecule has 0 bridgehead atoms. The van der Waals surface area contributed by atoms with Crippen molar-refractivity contribution in [2.75, 3.05) is 25.0 Å². The number of likely N-dealkylation sites (tertiary alicyclic amines) is 1. The number of thiazole rings is 1. The van der Waals surface area contributed by atoms with E-state index >= 15 is 0 Å². The number of nitrogens with zero attached hydrogens (tertiary/aromatic N) is 2. The summed E-state index contributed by atoms with van der Waals surface area (Å²) < 4.78 is 0. The highest BCUT2D eigenvalue weighted by atomic mass is 35.5. The number of aromatic nitrogens is 1. The molecule has 0 spiro atoms. The summed E-state index contributed by atoms with van der Waals surface area (Å²) in [5.41, 5.74) is 1.31. The Bertz CT molecular complexity index is 774. The molecule has 0 unspecified atom stereocenters. The minimum Gasteiger partial charge on any atom is -0.343 e. The number of piperidine rings is 1. The van der Waals surface area contributed by atoms with E-state index in [-0.39, 0.29) is 18.4 Å². The van der Waals surface area contributed by atoms with Crippen LogP contribution in [0.15, 0.2) is 29.6 Å². The third-order valence-electron chi connectivity index (χ3n) is 4.16. The van der Waals surface area contributed by atoms with Crippen LogP contribution >= 0.6 is 22.9 Å². The molecular weight excluding hydrogens is 372 g/mol. The number of rotatable bonds is 6. The van der Waals surface area contributed by atoms with Gasteiger partial charge in [-0.05, 0) is 38.1 Å². The van der Waals surface area contributed by atoms with E-state index in [1.54, 1.807) is 24.3 Å². The number of anilines is 1. The van der Waals surface area contributed by atoms with E-state index in [1.165, 1.54) is 30.6 Å². The lowest BCUT2D eigenvalue weighted by molar-refractivity contribution is -0.115. The van der Waals surface area contributed by atoms with Gasteiger partial charge in [-0.1, -0.05) is 30.2 Å². The van der Waals surface area contributed by atoms with Crippen LogP contribution in [0.5, 0.6) is 0 Å². The van der Waals surface area contributed by atoms with Crippen molar-refractivity contribution in [1.29, 1.82) is 0 Å². The first kappa shape index (κ1) is 18.8. The van der Waals surface area contributed by atoms with E-state index in [0.717, 1.165) is 25.3 Å². The first-order valence-corrected chi connectivity index (χ1v) is 9.87. The highest BCUT2D eigenvalue weighted by molar-refractivity contribution is 7.13. The molecule has 0 aliphatic carbocycles. The normalized spacial score (nSPS) is 14.8. The number of carbonyl (C=O) groups is 2. The molecule has 1 saturated heterocycles. The van der Waals surface area contributed by atoms with Gasteiger partial charge in [-0.25, -0.2) is 4.98 Å².